The Labute approximate surface area is 464 Å². The molecule has 0 aromatic heterocycles. The highest BCUT2D eigenvalue weighted by molar-refractivity contribution is 8.01. The Kier molecular flexibility index (Phi) is 19.6. The summed E-state index contributed by atoms with van der Waals surface area (Å²) in [6.45, 7) is 36.1. The van der Waals surface area contributed by atoms with E-state index in [9.17, 15) is 4.79 Å². The Morgan fingerprint density at radius 2 is 0.795 bits per heavy atom. The van der Waals surface area contributed by atoms with Gasteiger partial charge in [-0.05, 0) is 130 Å². The summed E-state index contributed by atoms with van der Waals surface area (Å²) >= 11 is 10.9. The van der Waals surface area contributed by atoms with Gasteiger partial charge in [-0.3, -0.25) is 4.79 Å². The van der Waals surface area contributed by atoms with E-state index in [2.05, 4.69) is 162 Å². The maximum atomic E-state index is 11.6. The molecule has 0 unspecified atom stereocenters. The van der Waals surface area contributed by atoms with Crippen LogP contribution >= 0.6 is 70.6 Å². The van der Waals surface area contributed by atoms with Crippen molar-refractivity contribution in [2.24, 2.45) is 0 Å². The van der Waals surface area contributed by atoms with Crippen molar-refractivity contribution in [2.45, 2.75) is 171 Å². The monoisotopic (exact) mass is 1100 g/mol. The molecule has 0 spiro atoms. The highest BCUT2D eigenvalue weighted by Crippen LogP contribution is 2.56. The fourth-order valence-corrected chi connectivity index (χ4v) is 14.5. The van der Waals surface area contributed by atoms with E-state index in [-0.39, 0.29) is 21.7 Å². The molecule has 5 aromatic rings. The number of hydrogen-bond donors (Lipinski definition) is 0. The number of benzene rings is 5. The predicted octanol–water partition coefficient (Wildman–Crippen LogP) is 17.9. The van der Waals surface area contributed by atoms with Crippen LogP contribution in [-0.4, -0.2) is 68.8 Å². The molecule has 0 aliphatic carbocycles. The van der Waals surface area contributed by atoms with Crippen molar-refractivity contribution in [2.75, 3.05) is 67.4 Å². The molecule has 394 valence electrons. The Balaban J connectivity index is 1.54. The van der Waals surface area contributed by atoms with Crippen LogP contribution in [0.3, 0.4) is 0 Å². The fourth-order valence-electron chi connectivity index (χ4n) is 8.19. The molecular formula is C61H79NO5S6. The minimum atomic E-state index is -0.157. The van der Waals surface area contributed by atoms with Crippen molar-refractivity contribution in [1.29, 1.82) is 0 Å². The summed E-state index contributed by atoms with van der Waals surface area (Å²) in [5.74, 6) is 7.09. The number of hydrogen-bond acceptors (Lipinski definition) is 12. The van der Waals surface area contributed by atoms with Crippen LogP contribution in [0.25, 0.3) is 0 Å². The number of fused-ring (bicyclic) bond motifs is 12. The quantitative estimate of drug-likeness (QED) is 0.136. The Bertz CT molecular complexity index is 2440. The summed E-state index contributed by atoms with van der Waals surface area (Å²) in [4.78, 5) is 22.6. The first-order chi connectivity index (χ1) is 34.6. The summed E-state index contributed by atoms with van der Waals surface area (Å²) in [6, 6.07) is 27.0. The number of aldehydes is 1. The number of thioether (sulfide) groups is 2. The maximum absolute atomic E-state index is 11.6. The molecular weight excluding hydrogens is 1020 g/mol. The van der Waals surface area contributed by atoms with Crippen molar-refractivity contribution in [3.8, 4) is 23.0 Å². The third-order valence-corrected chi connectivity index (χ3v) is 18.7. The van der Waals surface area contributed by atoms with Crippen LogP contribution in [0.5, 0.6) is 23.0 Å². The zero-order valence-electron chi connectivity index (χ0n) is 45.9. The minimum Gasteiger partial charge on any atom is -0.491 e. The van der Waals surface area contributed by atoms with Gasteiger partial charge in [0.05, 0.1) is 65.6 Å². The Hall–Kier alpha value is -3.13. The summed E-state index contributed by atoms with van der Waals surface area (Å²) in [5, 5.41) is 0. The van der Waals surface area contributed by atoms with E-state index < -0.39 is 0 Å². The normalized spacial score (nSPS) is 15.5. The number of rotatable bonds is 8. The zero-order chi connectivity index (χ0) is 52.7. The molecule has 0 saturated carbocycles. The van der Waals surface area contributed by atoms with Gasteiger partial charge in [-0.15, -0.1) is 0 Å². The maximum Gasteiger partial charge on any atom is 0.150 e. The minimum absolute atomic E-state index is 0.147. The number of anilines is 1. The highest BCUT2D eigenvalue weighted by Gasteiger charge is 2.31. The highest BCUT2D eigenvalue weighted by atomic mass is 32.2. The van der Waals surface area contributed by atoms with Gasteiger partial charge in [-0.2, -0.15) is 23.5 Å². The van der Waals surface area contributed by atoms with E-state index in [0.29, 0.717) is 32.0 Å². The van der Waals surface area contributed by atoms with E-state index >= 15 is 0 Å². The Morgan fingerprint density at radius 1 is 0.479 bits per heavy atom. The first kappa shape index (κ1) is 57.6. The molecule has 6 nitrogen and oxygen atoms in total. The lowest BCUT2D eigenvalue weighted by atomic mass is 9.87. The van der Waals surface area contributed by atoms with Crippen LogP contribution in [0.2, 0.25) is 0 Å². The molecule has 12 heteroatoms. The van der Waals surface area contributed by atoms with Crippen molar-refractivity contribution in [1.82, 2.24) is 0 Å². The summed E-state index contributed by atoms with van der Waals surface area (Å²) in [6.07, 6.45) is 2.68. The smallest absolute Gasteiger partial charge is 0.150 e. The molecule has 0 atom stereocenters. The molecule has 8 rings (SSSR count). The topological polar surface area (TPSA) is 57.2 Å². The molecule has 0 N–H and O–H groups in total. The predicted molar refractivity (Wildman–Crippen MR) is 318 cm³/mol. The molecule has 3 aliphatic heterocycles. The second-order valence-electron chi connectivity index (χ2n) is 22.9. The number of carbonyl (C=O) groups excluding carboxylic acids is 1. The van der Waals surface area contributed by atoms with Crippen molar-refractivity contribution >= 4 is 82.5 Å². The largest absolute Gasteiger partial charge is 0.491 e. The van der Waals surface area contributed by atoms with E-state index in [4.69, 9.17) is 18.9 Å². The van der Waals surface area contributed by atoms with Gasteiger partial charge >= 0.3 is 0 Å². The van der Waals surface area contributed by atoms with Gasteiger partial charge in [0.15, 0.2) is 0 Å². The van der Waals surface area contributed by atoms with Crippen LogP contribution in [0.15, 0.2) is 112 Å². The van der Waals surface area contributed by atoms with E-state index in [0.717, 1.165) is 123 Å². The van der Waals surface area contributed by atoms with E-state index in [1.807, 2.05) is 35.7 Å². The molecule has 10 bridgehead atoms. The van der Waals surface area contributed by atoms with Gasteiger partial charge < -0.3 is 23.8 Å². The molecule has 0 amide bonds. The van der Waals surface area contributed by atoms with Crippen molar-refractivity contribution in [3.05, 3.63) is 101 Å². The number of ether oxygens (including phenoxy) is 4. The van der Waals surface area contributed by atoms with Crippen molar-refractivity contribution in [3.63, 3.8) is 0 Å². The van der Waals surface area contributed by atoms with Crippen LogP contribution in [0, 0.1) is 0 Å². The Morgan fingerprint density at radius 3 is 1.08 bits per heavy atom. The summed E-state index contributed by atoms with van der Waals surface area (Å²) in [5.41, 5.74) is 6.18. The van der Waals surface area contributed by atoms with Gasteiger partial charge in [-0.1, -0.05) is 144 Å². The standard InChI is InChI=1S/C61H79NO5S6/c1-15-23-64-54-46-31-41(58(3,4)5)32-47(54)71-51-36-44(61(12,13)14)38-53-57(51)67-26-30-69-28-22-62(45-19-17-40(39-63)18-20-45)21-27-68-29-25-66-56-50(70-46)35-43(60(9,10)11)37-52(56)72-48-33-42(59(6,7)8)34-49(73-53)55(48)65-24-16-2/h17-20,31-39H,15-16,21-30H2,1-14H3. The SMILES string of the molecule is CCCOc1c2cc(C(C)(C)C)cc1Sc1cc(C(C)(C)C)cc3c1OCCSCCN(c1ccc(C=O)cc1)CCSCCOc1c(cc(C(C)(C)C)cc1Sc1cc(C(C)(C)C)cc(c1OCCC)S3)S2. The van der Waals surface area contributed by atoms with Crippen LogP contribution in [0.4, 0.5) is 5.69 Å². The zero-order valence-corrected chi connectivity index (χ0v) is 50.8. The van der Waals surface area contributed by atoms with Crippen molar-refractivity contribution < 1.29 is 23.7 Å². The van der Waals surface area contributed by atoms with Gasteiger partial charge in [0.1, 0.15) is 29.3 Å². The van der Waals surface area contributed by atoms with Crippen LogP contribution < -0.4 is 23.8 Å². The third kappa shape index (κ3) is 15.1. The van der Waals surface area contributed by atoms with Crippen LogP contribution in [0.1, 0.15) is 142 Å². The molecule has 73 heavy (non-hydrogen) atoms. The first-order valence-corrected chi connectivity index (χ1v) is 31.6. The van der Waals surface area contributed by atoms with Crippen LogP contribution in [-0.2, 0) is 21.7 Å². The molecule has 0 radical (unpaired) electrons. The number of carbonyl (C=O) groups is 1. The fraction of sp³-hybridized carbons (Fsp3) is 0.492. The van der Waals surface area contributed by atoms with E-state index in [1.165, 1.54) is 22.3 Å². The van der Waals surface area contributed by atoms with Gasteiger partial charge in [0.25, 0.3) is 0 Å². The molecule has 0 saturated heterocycles. The first-order valence-electron chi connectivity index (χ1n) is 26.0. The average molecular weight is 1100 g/mol. The summed E-state index contributed by atoms with van der Waals surface area (Å²) < 4.78 is 28.5. The molecule has 3 heterocycles. The van der Waals surface area contributed by atoms with Gasteiger partial charge in [0.2, 0.25) is 0 Å². The van der Waals surface area contributed by atoms with E-state index in [1.54, 1.807) is 47.0 Å². The lowest BCUT2D eigenvalue weighted by Crippen LogP contribution is -2.28. The average Bonchev–Trinajstić information content (AvgIpc) is 3.31. The molecule has 5 aromatic carbocycles. The molecule has 0 fully saturated rings. The lowest BCUT2D eigenvalue weighted by molar-refractivity contribution is 0.112. The molecule has 3 aliphatic rings. The summed E-state index contributed by atoms with van der Waals surface area (Å²) in [7, 11) is 0. The second kappa shape index (κ2) is 24.9. The lowest BCUT2D eigenvalue weighted by Gasteiger charge is -2.28. The second-order valence-corrected chi connectivity index (χ2v) is 29.7. The number of nitrogens with zero attached hydrogens (tertiary/aromatic N) is 1. The third-order valence-electron chi connectivity index (χ3n) is 12.7. The van der Waals surface area contributed by atoms with Gasteiger partial charge in [-0.25, -0.2) is 0 Å². The van der Waals surface area contributed by atoms with Gasteiger partial charge in [0, 0.05) is 47.4 Å².